The minimum atomic E-state index is -0.423. The standard InChI is InChI=1S/C23H22N2O2S/c1-25-21(19-12-7-15-28-19)20(17-10-5-6-11-18(17)23(25)27)22(26)24-14-13-16-8-3-2-4-9-16/h2-12,15,20-21H,13-14H2,1H3,(H,24,26)/t20-,21-/m1/s1. The summed E-state index contributed by atoms with van der Waals surface area (Å²) in [5.74, 6) is -0.503. The number of hydrogen-bond donors (Lipinski definition) is 1. The summed E-state index contributed by atoms with van der Waals surface area (Å²) in [5.41, 5.74) is 2.61. The highest BCUT2D eigenvalue weighted by atomic mass is 32.1. The number of nitrogens with zero attached hydrogens (tertiary/aromatic N) is 1. The van der Waals surface area contributed by atoms with Gasteiger partial charge < -0.3 is 10.2 Å². The molecule has 0 unspecified atom stereocenters. The third kappa shape index (κ3) is 3.45. The van der Waals surface area contributed by atoms with Gasteiger partial charge in [-0.3, -0.25) is 9.59 Å². The molecule has 0 spiro atoms. The summed E-state index contributed by atoms with van der Waals surface area (Å²) in [7, 11) is 1.78. The fraction of sp³-hybridized carbons (Fsp3) is 0.217. The Balaban J connectivity index is 1.62. The van der Waals surface area contributed by atoms with Crippen LogP contribution < -0.4 is 5.32 Å². The summed E-state index contributed by atoms with van der Waals surface area (Å²) in [6.45, 7) is 0.566. The zero-order chi connectivity index (χ0) is 19.5. The lowest BCUT2D eigenvalue weighted by molar-refractivity contribution is -0.124. The van der Waals surface area contributed by atoms with Crippen molar-refractivity contribution in [3.05, 3.63) is 93.7 Å². The van der Waals surface area contributed by atoms with Gasteiger partial charge in [-0.05, 0) is 35.1 Å². The Labute approximate surface area is 168 Å². The predicted octanol–water partition coefficient (Wildman–Crippen LogP) is 4.02. The van der Waals surface area contributed by atoms with Gasteiger partial charge in [0.2, 0.25) is 5.91 Å². The van der Waals surface area contributed by atoms with Crippen LogP contribution in [0.5, 0.6) is 0 Å². The molecule has 0 bridgehead atoms. The highest BCUT2D eigenvalue weighted by Crippen LogP contribution is 2.43. The van der Waals surface area contributed by atoms with E-state index in [0.29, 0.717) is 12.1 Å². The van der Waals surface area contributed by atoms with Gasteiger partial charge in [0.15, 0.2) is 0 Å². The first kappa shape index (κ1) is 18.4. The zero-order valence-electron chi connectivity index (χ0n) is 15.7. The van der Waals surface area contributed by atoms with Crippen LogP contribution in [-0.2, 0) is 11.2 Å². The lowest BCUT2D eigenvalue weighted by atomic mass is 9.81. The number of fused-ring (bicyclic) bond motifs is 1. The molecule has 2 heterocycles. The summed E-state index contributed by atoms with van der Waals surface area (Å²) in [6, 6.07) is 21.2. The van der Waals surface area contributed by atoms with Crippen molar-refractivity contribution in [2.24, 2.45) is 0 Å². The van der Waals surface area contributed by atoms with Gasteiger partial charge in [0.25, 0.3) is 5.91 Å². The van der Waals surface area contributed by atoms with Crippen molar-refractivity contribution in [1.29, 1.82) is 0 Å². The van der Waals surface area contributed by atoms with Gasteiger partial charge >= 0.3 is 0 Å². The van der Waals surface area contributed by atoms with Gasteiger partial charge in [-0.15, -0.1) is 11.3 Å². The Morgan fingerprint density at radius 3 is 2.54 bits per heavy atom. The van der Waals surface area contributed by atoms with Crippen molar-refractivity contribution in [2.75, 3.05) is 13.6 Å². The van der Waals surface area contributed by atoms with Crippen LogP contribution >= 0.6 is 11.3 Å². The fourth-order valence-corrected chi connectivity index (χ4v) is 4.76. The van der Waals surface area contributed by atoms with E-state index in [-0.39, 0.29) is 17.9 Å². The first-order valence-corrected chi connectivity index (χ1v) is 10.3. The number of rotatable bonds is 5. The fourth-order valence-electron chi connectivity index (χ4n) is 3.86. The molecule has 4 rings (SSSR count). The van der Waals surface area contributed by atoms with E-state index in [2.05, 4.69) is 17.4 Å². The van der Waals surface area contributed by atoms with Crippen molar-refractivity contribution >= 4 is 23.2 Å². The quantitative estimate of drug-likeness (QED) is 0.715. The third-order valence-electron chi connectivity index (χ3n) is 5.25. The van der Waals surface area contributed by atoms with Crippen molar-refractivity contribution in [3.8, 4) is 0 Å². The van der Waals surface area contributed by atoms with Crippen molar-refractivity contribution in [3.63, 3.8) is 0 Å². The number of likely N-dealkylation sites (N-methyl/N-ethyl adjacent to an activating group) is 1. The summed E-state index contributed by atoms with van der Waals surface area (Å²) < 4.78 is 0. The smallest absolute Gasteiger partial charge is 0.254 e. The van der Waals surface area contributed by atoms with Crippen LogP contribution in [-0.4, -0.2) is 30.3 Å². The highest BCUT2D eigenvalue weighted by molar-refractivity contribution is 7.10. The Bertz CT molecular complexity index is 969. The van der Waals surface area contributed by atoms with Gasteiger partial charge in [-0.25, -0.2) is 0 Å². The molecule has 2 atom stereocenters. The molecular formula is C23H22N2O2S. The second-order valence-electron chi connectivity index (χ2n) is 6.97. The number of benzene rings is 2. The molecule has 1 N–H and O–H groups in total. The van der Waals surface area contributed by atoms with E-state index in [1.807, 2.05) is 60.0 Å². The number of amides is 2. The second-order valence-corrected chi connectivity index (χ2v) is 7.95. The summed E-state index contributed by atoms with van der Waals surface area (Å²) in [5, 5.41) is 5.08. The SMILES string of the molecule is CN1C(=O)c2ccccc2[C@@H](C(=O)NCCc2ccccc2)[C@H]1c1cccs1. The first-order valence-electron chi connectivity index (χ1n) is 9.38. The van der Waals surface area contributed by atoms with Crippen LogP contribution in [0.1, 0.15) is 38.3 Å². The van der Waals surface area contributed by atoms with E-state index in [9.17, 15) is 9.59 Å². The van der Waals surface area contributed by atoms with Gasteiger partial charge in [0.05, 0.1) is 12.0 Å². The molecule has 0 fully saturated rings. The molecule has 1 aliphatic heterocycles. The van der Waals surface area contributed by atoms with Gasteiger partial charge in [-0.2, -0.15) is 0 Å². The number of thiophene rings is 1. The Hall–Kier alpha value is -2.92. The van der Waals surface area contributed by atoms with Crippen LogP contribution in [0.3, 0.4) is 0 Å². The van der Waals surface area contributed by atoms with Crippen LogP contribution in [0.25, 0.3) is 0 Å². The molecule has 2 amide bonds. The Morgan fingerprint density at radius 2 is 1.79 bits per heavy atom. The van der Waals surface area contributed by atoms with Crippen LogP contribution in [0.4, 0.5) is 0 Å². The topological polar surface area (TPSA) is 49.4 Å². The number of nitrogens with one attached hydrogen (secondary N) is 1. The molecule has 28 heavy (non-hydrogen) atoms. The lowest BCUT2D eigenvalue weighted by Crippen LogP contribution is -2.45. The maximum absolute atomic E-state index is 13.3. The van der Waals surface area contributed by atoms with Crippen LogP contribution in [0.2, 0.25) is 0 Å². The van der Waals surface area contributed by atoms with E-state index >= 15 is 0 Å². The minimum absolute atomic E-state index is 0.0395. The van der Waals surface area contributed by atoms with E-state index in [1.165, 1.54) is 5.56 Å². The van der Waals surface area contributed by atoms with E-state index in [0.717, 1.165) is 16.9 Å². The molecule has 0 saturated carbocycles. The van der Waals surface area contributed by atoms with Crippen LogP contribution in [0.15, 0.2) is 72.1 Å². The second kappa shape index (κ2) is 7.98. The highest BCUT2D eigenvalue weighted by Gasteiger charge is 2.42. The average molecular weight is 391 g/mol. The van der Waals surface area contributed by atoms with Crippen LogP contribution in [0, 0.1) is 0 Å². The average Bonchev–Trinajstić information content (AvgIpc) is 3.25. The van der Waals surface area contributed by atoms with Gasteiger partial charge in [0, 0.05) is 24.0 Å². The normalized spacial score (nSPS) is 18.6. The number of hydrogen-bond acceptors (Lipinski definition) is 3. The van der Waals surface area contributed by atoms with E-state index < -0.39 is 5.92 Å². The molecule has 0 saturated heterocycles. The largest absolute Gasteiger partial charge is 0.355 e. The summed E-state index contributed by atoms with van der Waals surface area (Å²) >= 11 is 1.58. The minimum Gasteiger partial charge on any atom is -0.355 e. The maximum Gasteiger partial charge on any atom is 0.254 e. The molecular weight excluding hydrogens is 368 g/mol. The molecule has 0 aliphatic carbocycles. The summed E-state index contributed by atoms with van der Waals surface area (Å²) in [6.07, 6.45) is 0.777. The molecule has 142 valence electrons. The first-order chi connectivity index (χ1) is 13.7. The molecule has 0 radical (unpaired) electrons. The maximum atomic E-state index is 13.3. The molecule has 4 nitrogen and oxygen atoms in total. The molecule has 3 aromatic rings. The number of carbonyl (C=O) groups is 2. The van der Waals surface area contributed by atoms with E-state index in [4.69, 9.17) is 0 Å². The molecule has 1 aliphatic rings. The lowest BCUT2D eigenvalue weighted by Gasteiger charge is -2.39. The third-order valence-corrected chi connectivity index (χ3v) is 6.20. The van der Waals surface area contributed by atoms with E-state index in [1.54, 1.807) is 23.3 Å². The monoisotopic (exact) mass is 390 g/mol. The Morgan fingerprint density at radius 1 is 1.04 bits per heavy atom. The van der Waals surface area contributed by atoms with Gasteiger partial charge in [-0.1, -0.05) is 54.6 Å². The Kier molecular flexibility index (Phi) is 5.26. The van der Waals surface area contributed by atoms with Gasteiger partial charge in [0.1, 0.15) is 0 Å². The molecule has 2 aromatic carbocycles. The number of carbonyl (C=O) groups excluding carboxylic acids is 2. The van der Waals surface area contributed by atoms with Crippen molar-refractivity contribution in [1.82, 2.24) is 10.2 Å². The predicted molar refractivity (Wildman–Crippen MR) is 111 cm³/mol. The zero-order valence-corrected chi connectivity index (χ0v) is 16.5. The molecule has 1 aromatic heterocycles. The summed E-state index contributed by atoms with van der Waals surface area (Å²) in [4.78, 5) is 28.9. The van der Waals surface area contributed by atoms with Crippen molar-refractivity contribution < 1.29 is 9.59 Å². The van der Waals surface area contributed by atoms with Crippen molar-refractivity contribution in [2.45, 2.75) is 18.4 Å². The molecule has 5 heteroatoms.